The molecule has 0 bridgehead atoms. The van der Waals surface area contributed by atoms with E-state index in [2.05, 4.69) is 4.98 Å². The van der Waals surface area contributed by atoms with E-state index in [1.165, 1.54) is 6.07 Å². The Hall–Kier alpha value is -1.06. The summed E-state index contributed by atoms with van der Waals surface area (Å²) < 4.78 is 13.3. The fourth-order valence-corrected chi connectivity index (χ4v) is 1.82. The van der Waals surface area contributed by atoms with Crippen molar-refractivity contribution >= 4 is 22.5 Å². The second kappa shape index (κ2) is 3.59. The highest BCUT2D eigenvalue weighted by molar-refractivity contribution is 6.36. The summed E-state index contributed by atoms with van der Waals surface area (Å²) >= 11 is 6.05. The van der Waals surface area contributed by atoms with Crippen LogP contribution in [0, 0.1) is 5.82 Å². The summed E-state index contributed by atoms with van der Waals surface area (Å²) in [7, 11) is 0. The van der Waals surface area contributed by atoms with Crippen LogP contribution in [-0.2, 0) is 6.42 Å². The van der Waals surface area contributed by atoms with Crippen molar-refractivity contribution in [1.82, 2.24) is 4.98 Å². The molecule has 0 atom stereocenters. The van der Waals surface area contributed by atoms with Crippen LogP contribution in [0.1, 0.15) is 5.69 Å². The molecule has 0 amide bonds. The van der Waals surface area contributed by atoms with E-state index in [-0.39, 0.29) is 5.82 Å². The van der Waals surface area contributed by atoms with E-state index in [4.69, 9.17) is 17.3 Å². The predicted octanol–water partition coefficient (Wildman–Crippen LogP) is 2.46. The van der Waals surface area contributed by atoms with E-state index < -0.39 is 0 Å². The smallest absolute Gasteiger partial charge is 0.147 e. The molecule has 0 spiro atoms. The number of nitrogens with two attached hydrogens (primary N) is 1. The van der Waals surface area contributed by atoms with E-state index in [0.717, 1.165) is 11.1 Å². The molecule has 0 radical (unpaired) electrons. The molecule has 2 aromatic rings. The SMILES string of the molecule is NCCc1[nH]c2c(F)cccc2c1Cl. The highest BCUT2D eigenvalue weighted by atomic mass is 35.5. The van der Waals surface area contributed by atoms with E-state index in [9.17, 15) is 4.39 Å². The molecule has 2 nitrogen and oxygen atoms in total. The average Bonchev–Trinajstić information content (AvgIpc) is 2.48. The standard InChI is InChI=1S/C10H10ClFN2/c11-9-6-2-1-3-7(12)10(6)14-8(9)4-5-13/h1-3,14H,4-5,13H2. The lowest BCUT2D eigenvalue weighted by Gasteiger charge is -1.92. The van der Waals surface area contributed by atoms with Gasteiger partial charge in [0.05, 0.1) is 10.5 Å². The van der Waals surface area contributed by atoms with E-state index in [0.29, 0.717) is 23.5 Å². The minimum absolute atomic E-state index is 0.285. The number of benzene rings is 1. The van der Waals surface area contributed by atoms with Crippen molar-refractivity contribution in [3.05, 3.63) is 34.7 Å². The van der Waals surface area contributed by atoms with Gasteiger partial charge in [-0.05, 0) is 12.6 Å². The fourth-order valence-electron chi connectivity index (χ4n) is 1.52. The minimum Gasteiger partial charge on any atom is -0.355 e. The number of rotatable bonds is 2. The number of fused-ring (bicyclic) bond motifs is 1. The molecule has 3 N–H and O–H groups in total. The summed E-state index contributed by atoms with van der Waals surface area (Å²) in [6.07, 6.45) is 0.632. The zero-order valence-electron chi connectivity index (χ0n) is 7.48. The van der Waals surface area contributed by atoms with Gasteiger partial charge in [0.25, 0.3) is 0 Å². The number of hydrogen-bond acceptors (Lipinski definition) is 1. The fraction of sp³-hybridized carbons (Fsp3) is 0.200. The summed E-state index contributed by atoms with van der Waals surface area (Å²) in [5.74, 6) is -0.285. The average molecular weight is 213 g/mol. The van der Waals surface area contributed by atoms with Crippen LogP contribution in [0.15, 0.2) is 18.2 Å². The largest absolute Gasteiger partial charge is 0.355 e. The summed E-state index contributed by atoms with van der Waals surface area (Å²) in [6, 6.07) is 4.84. The highest BCUT2D eigenvalue weighted by Crippen LogP contribution is 2.28. The summed E-state index contributed by atoms with van der Waals surface area (Å²) in [5.41, 5.74) is 6.68. The van der Waals surface area contributed by atoms with Crippen LogP contribution in [0.4, 0.5) is 4.39 Å². The first-order valence-corrected chi connectivity index (χ1v) is 4.76. The van der Waals surface area contributed by atoms with Crippen molar-refractivity contribution in [2.24, 2.45) is 5.73 Å². The van der Waals surface area contributed by atoms with Crippen LogP contribution in [0.25, 0.3) is 10.9 Å². The molecule has 0 saturated carbocycles. The third kappa shape index (κ3) is 1.38. The van der Waals surface area contributed by atoms with E-state index in [1.807, 2.05) is 0 Å². The first-order valence-electron chi connectivity index (χ1n) is 4.38. The molecule has 0 aliphatic heterocycles. The second-order valence-electron chi connectivity index (χ2n) is 3.12. The van der Waals surface area contributed by atoms with Crippen molar-refractivity contribution in [2.75, 3.05) is 6.54 Å². The number of aromatic amines is 1. The maximum Gasteiger partial charge on any atom is 0.147 e. The number of H-pyrrole nitrogens is 1. The summed E-state index contributed by atoms with van der Waals surface area (Å²) in [6.45, 7) is 0.494. The zero-order valence-corrected chi connectivity index (χ0v) is 8.24. The molecule has 1 aromatic carbocycles. The van der Waals surface area contributed by atoms with Gasteiger partial charge in [-0.15, -0.1) is 0 Å². The molecule has 4 heteroatoms. The monoisotopic (exact) mass is 212 g/mol. The Bertz CT molecular complexity index is 464. The van der Waals surface area contributed by atoms with Crippen molar-refractivity contribution in [2.45, 2.75) is 6.42 Å². The van der Waals surface area contributed by atoms with Crippen LogP contribution in [0.2, 0.25) is 5.02 Å². The predicted molar refractivity (Wildman–Crippen MR) is 56.0 cm³/mol. The molecule has 0 unspecified atom stereocenters. The molecule has 0 aliphatic carbocycles. The minimum atomic E-state index is -0.285. The van der Waals surface area contributed by atoms with Gasteiger partial charge in [0.1, 0.15) is 5.82 Å². The van der Waals surface area contributed by atoms with Gasteiger partial charge in [-0.25, -0.2) is 4.39 Å². The van der Waals surface area contributed by atoms with Gasteiger partial charge >= 0.3 is 0 Å². The lowest BCUT2D eigenvalue weighted by atomic mass is 10.2. The molecule has 1 aromatic heterocycles. The Morgan fingerprint density at radius 1 is 1.43 bits per heavy atom. The lowest BCUT2D eigenvalue weighted by Crippen LogP contribution is -2.03. The Kier molecular flexibility index (Phi) is 2.44. The zero-order chi connectivity index (χ0) is 10.1. The second-order valence-corrected chi connectivity index (χ2v) is 3.50. The lowest BCUT2D eigenvalue weighted by molar-refractivity contribution is 0.637. The molecule has 1 heterocycles. The number of para-hydroxylation sites is 1. The third-order valence-electron chi connectivity index (χ3n) is 2.19. The maximum absolute atomic E-state index is 13.3. The highest BCUT2D eigenvalue weighted by Gasteiger charge is 2.10. The van der Waals surface area contributed by atoms with Crippen LogP contribution in [0.3, 0.4) is 0 Å². The van der Waals surface area contributed by atoms with Gasteiger partial charge in [0.2, 0.25) is 0 Å². The van der Waals surface area contributed by atoms with Crippen molar-refractivity contribution in [1.29, 1.82) is 0 Å². The van der Waals surface area contributed by atoms with Gasteiger partial charge in [-0.2, -0.15) is 0 Å². The van der Waals surface area contributed by atoms with E-state index in [1.54, 1.807) is 12.1 Å². The number of nitrogens with one attached hydrogen (secondary N) is 1. The van der Waals surface area contributed by atoms with Gasteiger partial charge in [0.15, 0.2) is 0 Å². The number of hydrogen-bond donors (Lipinski definition) is 2. The maximum atomic E-state index is 13.3. The molecule has 14 heavy (non-hydrogen) atoms. The molecule has 74 valence electrons. The molecular weight excluding hydrogens is 203 g/mol. The van der Waals surface area contributed by atoms with Crippen LogP contribution < -0.4 is 5.73 Å². The van der Waals surface area contributed by atoms with Crippen molar-refractivity contribution < 1.29 is 4.39 Å². The van der Waals surface area contributed by atoms with E-state index >= 15 is 0 Å². The van der Waals surface area contributed by atoms with Crippen LogP contribution in [-0.4, -0.2) is 11.5 Å². The molecule has 0 fully saturated rings. The third-order valence-corrected chi connectivity index (χ3v) is 2.62. The van der Waals surface area contributed by atoms with Crippen LogP contribution in [0.5, 0.6) is 0 Å². The Balaban J connectivity index is 2.67. The van der Waals surface area contributed by atoms with Crippen LogP contribution >= 0.6 is 11.6 Å². The molecule has 0 aliphatic rings. The topological polar surface area (TPSA) is 41.8 Å². The van der Waals surface area contributed by atoms with Gasteiger partial charge < -0.3 is 10.7 Å². The Morgan fingerprint density at radius 3 is 2.86 bits per heavy atom. The number of halogens is 2. The summed E-state index contributed by atoms with van der Waals surface area (Å²) in [5, 5.41) is 1.29. The van der Waals surface area contributed by atoms with Crippen molar-refractivity contribution in [3.63, 3.8) is 0 Å². The van der Waals surface area contributed by atoms with Crippen molar-refractivity contribution in [3.8, 4) is 0 Å². The summed E-state index contributed by atoms with van der Waals surface area (Å²) in [4.78, 5) is 2.95. The molecule has 0 saturated heterocycles. The Morgan fingerprint density at radius 2 is 2.21 bits per heavy atom. The molecular formula is C10H10ClFN2. The first kappa shape index (κ1) is 9.49. The Labute approximate surface area is 85.9 Å². The molecule has 2 rings (SSSR count). The van der Waals surface area contributed by atoms with Gasteiger partial charge in [-0.3, -0.25) is 0 Å². The van der Waals surface area contributed by atoms with Gasteiger partial charge in [0, 0.05) is 17.5 Å². The van der Waals surface area contributed by atoms with Gasteiger partial charge in [-0.1, -0.05) is 23.7 Å². The quantitative estimate of drug-likeness (QED) is 0.789. The first-order chi connectivity index (χ1) is 6.74. The number of aromatic nitrogens is 1. The normalized spacial score (nSPS) is 11.1.